The van der Waals surface area contributed by atoms with Gasteiger partial charge in [-0.15, -0.1) is 0 Å². The van der Waals surface area contributed by atoms with E-state index in [4.69, 9.17) is 0 Å². The van der Waals surface area contributed by atoms with Gasteiger partial charge in [-0.1, -0.05) is 13.3 Å². The van der Waals surface area contributed by atoms with Crippen molar-refractivity contribution in [2.75, 3.05) is 30.3 Å². The number of piperidine rings is 1. The largest absolute Gasteiger partial charge is 0.314 e. The van der Waals surface area contributed by atoms with Crippen LogP contribution in [0.15, 0.2) is 0 Å². The summed E-state index contributed by atoms with van der Waals surface area (Å²) < 4.78 is 24.6. The van der Waals surface area contributed by atoms with E-state index in [2.05, 4.69) is 17.1 Å². The zero-order chi connectivity index (χ0) is 14.6. The number of nitrogens with zero attached hydrogens (tertiary/aromatic N) is 1. The van der Waals surface area contributed by atoms with Gasteiger partial charge in [0.05, 0.1) is 0 Å². The molecule has 2 heterocycles. The van der Waals surface area contributed by atoms with E-state index in [9.17, 15) is 8.42 Å². The van der Waals surface area contributed by atoms with Crippen LogP contribution in [0, 0.1) is 0 Å². The number of hydrogen-bond donors (Lipinski definition) is 1. The SMILES string of the molecule is CCS(=O)(=O)C1CSCCN1C(C)CC1CCCCN1. The Morgan fingerprint density at radius 2 is 2.20 bits per heavy atom. The Bertz CT molecular complexity index is 394. The van der Waals surface area contributed by atoms with Crippen LogP contribution in [-0.4, -0.2) is 61.1 Å². The molecular formula is C14H28N2O2S2. The highest BCUT2D eigenvalue weighted by Gasteiger charge is 2.35. The molecule has 2 saturated heterocycles. The molecule has 0 aromatic rings. The average molecular weight is 321 g/mol. The molecule has 0 aromatic carbocycles. The average Bonchev–Trinajstić information content (AvgIpc) is 2.48. The summed E-state index contributed by atoms with van der Waals surface area (Å²) in [6.45, 7) is 5.98. The van der Waals surface area contributed by atoms with Crippen LogP contribution in [0.2, 0.25) is 0 Å². The monoisotopic (exact) mass is 320 g/mol. The van der Waals surface area contributed by atoms with Crippen molar-refractivity contribution in [2.24, 2.45) is 0 Å². The van der Waals surface area contributed by atoms with Gasteiger partial charge in [-0.05, 0) is 32.7 Å². The minimum absolute atomic E-state index is 0.253. The van der Waals surface area contributed by atoms with Crippen molar-refractivity contribution in [3.8, 4) is 0 Å². The fraction of sp³-hybridized carbons (Fsp3) is 1.00. The summed E-state index contributed by atoms with van der Waals surface area (Å²) in [6.07, 6.45) is 4.88. The second-order valence-corrected chi connectivity index (χ2v) is 9.55. The van der Waals surface area contributed by atoms with Crippen molar-refractivity contribution in [1.82, 2.24) is 10.2 Å². The van der Waals surface area contributed by atoms with E-state index in [-0.39, 0.29) is 11.1 Å². The summed E-state index contributed by atoms with van der Waals surface area (Å²) in [5.41, 5.74) is 0. The van der Waals surface area contributed by atoms with Crippen molar-refractivity contribution in [2.45, 2.75) is 57.0 Å². The van der Waals surface area contributed by atoms with Crippen LogP contribution in [0.1, 0.15) is 39.5 Å². The molecule has 1 N–H and O–H groups in total. The Kier molecular flexibility index (Phi) is 6.20. The van der Waals surface area contributed by atoms with Gasteiger partial charge in [-0.25, -0.2) is 8.42 Å². The molecule has 0 radical (unpaired) electrons. The van der Waals surface area contributed by atoms with E-state index < -0.39 is 9.84 Å². The van der Waals surface area contributed by atoms with E-state index in [1.165, 1.54) is 19.3 Å². The van der Waals surface area contributed by atoms with Gasteiger partial charge in [0, 0.05) is 35.9 Å². The minimum atomic E-state index is -2.97. The molecule has 4 nitrogen and oxygen atoms in total. The second-order valence-electron chi connectivity index (χ2n) is 5.95. The van der Waals surface area contributed by atoms with Gasteiger partial charge in [0.1, 0.15) is 5.37 Å². The molecule has 3 unspecified atom stereocenters. The van der Waals surface area contributed by atoms with Crippen LogP contribution in [-0.2, 0) is 9.84 Å². The normalized spacial score (nSPS) is 31.1. The lowest BCUT2D eigenvalue weighted by molar-refractivity contribution is 0.176. The van der Waals surface area contributed by atoms with Crippen LogP contribution >= 0.6 is 11.8 Å². The van der Waals surface area contributed by atoms with Crippen molar-refractivity contribution < 1.29 is 8.42 Å². The van der Waals surface area contributed by atoms with Gasteiger partial charge in [0.15, 0.2) is 9.84 Å². The molecule has 3 atom stereocenters. The van der Waals surface area contributed by atoms with Crippen LogP contribution in [0.4, 0.5) is 0 Å². The van der Waals surface area contributed by atoms with E-state index in [0.717, 1.165) is 31.0 Å². The van der Waals surface area contributed by atoms with Crippen LogP contribution in [0.25, 0.3) is 0 Å². The first-order chi connectivity index (χ1) is 9.54. The van der Waals surface area contributed by atoms with Gasteiger partial charge in [-0.2, -0.15) is 11.8 Å². The maximum absolute atomic E-state index is 12.3. The molecule has 2 rings (SSSR count). The lowest BCUT2D eigenvalue weighted by Crippen LogP contribution is -2.53. The van der Waals surface area contributed by atoms with E-state index in [0.29, 0.717) is 12.1 Å². The number of nitrogens with one attached hydrogen (secondary N) is 1. The number of thioether (sulfide) groups is 1. The smallest absolute Gasteiger partial charge is 0.166 e. The molecule has 2 aliphatic heterocycles. The zero-order valence-electron chi connectivity index (χ0n) is 12.7. The highest BCUT2D eigenvalue weighted by atomic mass is 32.2. The van der Waals surface area contributed by atoms with E-state index in [1.807, 2.05) is 0 Å². The van der Waals surface area contributed by atoms with Crippen molar-refractivity contribution in [1.29, 1.82) is 0 Å². The molecule has 0 spiro atoms. The zero-order valence-corrected chi connectivity index (χ0v) is 14.3. The molecule has 20 heavy (non-hydrogen) atoms. The maximum Gasteiger partial charge on any atom is 0.166 e. The molecule has 0 aromatic heterocycles. The standard InChI is InChI=1S/C14H28N2O2S2/c1-3-20(17,18)14-11-19-9-8-16(14)12(2)10-13-6-4-5-7-15-13/h12-15H,3-11H2,1-2H3. The molecule has 2 fully saturated rings. The van der Waals surface area contributed by atoms with E-state index >= 15 is 0 Å². The quantitative estimate of drug-likeness (QED) is 0.836. The summed E-state index contributed by atoms with van der Waals surface area (Å²) in [6, 6.07) is 0.913. The van der Waals surface area contributed by atoms with Crippen molar-refractivity contribution >= 4 is 21.6 Å². The van der Waals surface area contributed by atoms with Crippen molar-refractivity contribution in [3.05, 3.63) is 0 Å². The molecule has 0 amide bonds. The van der Waals surface area contributed by atoms with Gasteiger partial charge in [-0.3, -0.25) is 4.90 Å². The third-order valence-corrected chi connectivity index (χ3v) is 7.85. The predicted molar refractivity (Wildman–Crippen MR) is 87.0 cm³/mol. The second kappa shape index (κ2) is 7.47. The number of hydrogen-bond acceptors (Lipinski definition) is 5. The lowest BCUT2D eigenvalue weighted by atomic mass is 9.98. The van der Waals surface area contributed by atoms with Crippen LogP contribution < -0.4 is 5.32 Å². The Morgan fingerprint density at radius 1 is 1.40 bits per heavy atom. The highest BCUT2D eigenvalue weighted by molar-refractivity contribution is 8.01. The summed E-state index contributed by atoms with van der Waals surface area (Å²) in [5.74, 6) is 2.04. The summed E-state index contributed by atoms with van der Waals surface area (Å²) in [5, 5.41) is 3.30. The van der Waals surface area contributed by atoms with Crippen molar-refractivity contribution in [3.63, 3.8) is 0 Å². The molecule has 2 aliphatic rings. The third kappa shape index (κ3) is 4.12. The van der Waals surface area contributed by atoms with Gasteiger partial charge in [0.25, 0.3) is 0 Å². The Labute approximate surface area is 128 Å². The predicted octanol–water partition coefficient (Wildman–Crippen LogP) is 1.72. The number of rotatable bonds is 5. The summed E-state index contributed by atoms with van der Waals surface area (Å²) in [7, 11) is -2.97. The minimum Gasteiger partial charge on any atom is -0.314 e. The lowest BCUT2D eigenvalue weighted by Gasteiger charge is -2.40. The molecule has 6 heteroatoms. The fourth-order valence-corrected chi connectivity index (χ4v) is 6.40. The Balaban J connectivity index is 1.99. The third-order valence-electron chi connectivity index (χ3n) is 4.55. The maximum atomic E-state index is 12.3. The first-order valence-corrected chi connectivity index (χ1v) is 10.7. The van der Waals surface area contributed by atoms with Gasteiger partial charge >= 0.3 is 0 Å². The first kappa shape index (κ1) is 16.6. The Hall–Kier alpha value is 0.220. The summed E-state index contributed by atoms with van der Waals surface area (Å²) >= 11 is 1.78. The van der Waals surface area contributed by atoms with Crippen LogP contribution in [0.5, 0.6) is 0 Å². The number of sulfone groups is 1. The summed E-state index contributed by atoms with van der Waals surface area (Å²) in [4.78, 5) is 2.24. The molecule has 0 bridgehead atoms. The topological polar surface area (TPSA) is 49.4 Å². The van der Waals surface area contributed by atoms with Gasteiger partial charge in [0.2, 0.25) is 0 Å². The Morgan fingerprint density at radius 3 is 2.85 bits per heavy atom. The molecule has 0 saturated carbocycles. The molecule has 0 aliphatic carbocycles. The van der Waals surface area contributed by atoms with Crippen LogP contribution in [0.3, 0.4) is 0 Å². The molecular weight excluding hydrogens is 292 g/mol. The highest BCUT2D eigenvalue weighted by Crippen LogP contribution is 2.26. The molecule has 118 valence electrons. The first-order valence-electron chi connectivity index (χ1n) is 7.83. The van der Waals surface area contributed by atoms with Gasteiger partial charge < -0.3 is 5.32 Å². The fourth-order valence-electron chi connectivity index (χ4n) is 3.27. The van der Waals surface area contributed by atoms with E-state index in [1.54, 1.807) is 18.7 Å².